The minimum Gasteiger partial charge on any atom is -0.490 e. The average molecular weight is 299 g/mol. The topological polar surface area (TPSA) is 73.2 Å². The van der Waals surface area contributed by atoms with Gasteiger partial charge in [0.15, 0.2) is 5.78 Å². The first kappa shape index (κ1) is 14.3. The van der Waals surface area contributed by atoms with E-state index in [9.17, 15) is 9.59 Å². The smallest absolute Gasteiger partial charge is 0.255 e. The van der Waals surface area contributed by atoms with Gasteiger partial charge in [0, 0.05) is 12.2 Å². The summed E-state index contributed by atoms with van der Waals surface area (Å²) >= 11 is 0. The van der Waals surface area contributed by atoms with Crippen LogP contribution in [0, 0.1) is 0 Å². The number of ketones is 1. The van der Waals surface area contributed by atoms with E-state index in [2.05, 4.69) is 10.4 Å². The number of hydrogen-bond acceptors (Lipinski definition) is 4. The Morgan fingerprint density at radius 2 is 2.18 bits per heavy atom. The van der Waals surface area contributed by atoms with Crippen LogP contribution in [0.15, 0.2) is 36.7 Å². The molecule has 6 nitrogen and oxygen atoms in total. The van der Waals surface area contributed by atoms with Crippen LogP contribution in [0.3, 0.4) is 0 Å². The molecule has 0 fully saturated rings. The number of hydrogen-bond donors (Lipinski definition) is 1. The monoisotopic (exact) mass is 299 g/mol. The molecule has 0 radical (unpaired) electrons. The molecule has 1 unspecified atom stereocenters. The molecule has 1 aromatic carbocycles. The second-order valence-electron chi connectivity index (χ2n) is 5.50. The lowest BCUT2D eigenvalue weighted by molar-refractivity contribution is 0.0795. The van der Waals surface area contributed by atoms with Crippen molar-refractivity contribution in [3.63, 3.8) is 0 Å². The molecule has 6 heteroatoms. The van der Waals surface area contributed by atoms with E-state index >= 15 is 0 Å². The minimum absolute atomic E-state index is 0.133. The van der Waals surface area contributed by atoms with Gasteiger partial charge in [0.2, 0.25) is 0 Å². The normalized spacial score (nSPS) is 17.0. The first-order valence-corrected chi connectivity index (χ1v) is 7.17. The lowest BCUT2D eigenvalue weighted by Gasteiger charge is -2.24. The van der Waals surface area contributed by atoms with Crippen molar-refractivity contribution >= 4 is 11.7 Å². The summed E-state index contributed by atoms with van der Waals surface area (Å²) in [6, 6.07) is 6.53. The van der Waals surface area contributed by atoms with Gasteiger partial charge in [-0.2, -0.15) is 5.10 Å². The number of amides is 1. The molecule has 1 atom stereocenters. The molecule has 114 valence electrons. The van der Waals surface area contributed by atoms with Crippen molar-refractivity contribution in [2.45, 2.75) is 25.9 Å². The number of rotatable bonds is 3. The molecule has 1 aliphatic rings. The predicted octanol–water partition coefficient (Wildman–Crippen LogP) is 1.84. The van der Waals surface area contributed by atoms with E-state index in [1.807, 2.05) is 19.9 Å². The van der Waals surface area contributed by atoms with Gasteiger partial charge in [0.25, 0.3) is 5.91 Å². The van der Waals surface area contributed by atoms with Crippen LogP contribution in [0.1, 0.15) is 40.6 Å². The summed E-state index contributed by atoms with van der Waals surface area (Å²) in [5, 5.41) is 6.84. The Balaban J connectivity index is 1.73. The zero-order valence-electron chi connectivity index (χ0n) is 12.4. The predicted molar refractivity (Wildman–Crippen MR) is 80.1 cm³/mol. The molecule has 0 spiro atoms. The van der Waals surface area contributed by atoms with Crippen molar-refractivity contribution in [1.82, 2.24) is 15.1 Å². The van der Waals surface area contributed by atoms with Crippen LogP contribution < -0.4 is 10.1 Å². The average Bonchev–Trinajstić information content (AvgIpc) is 3.00. The number of fused-ring (bicyclic) bond motifs is 1. The molecule has 0 aliphatic carbocycles. The van der Waals surface area contributed by atoms with Gasteiger partial charge in [-0.3, -0.25) is 14.3 Å². The van der Waals surface area contributed by atoms with Crippen molar-refractivity contribution in [3.8, 4) is 5.75 Å². The number of nitrogens with zero attached hydrogens (tertiary/aromatic N) is 2. The van der Waals surface area contributed by atoms with Gasteiger partial charge in [0.1, 0.15) is 18.4 Å². The third-order valence-corrected chi connectivity index (χ3v) is 3.57. The minimum atomic E-state index is -0.676. The maximum absolute atomic E-state index is 12.4. The van der Waals surface area contributed by atoms with Gasteiger partial charge in [-0.15, -0.1) is 0 Å². The van der Waals surface area contributed by atoms with Gasteiger partial charge in [-0.1, -0.05) is 12.1 Å². The summed E-state index contributed by atoms with van der Waals surface area (Å²) < 4.78 is 7.23. The number of nitrogens with one attached hydrogen (secondary N) is 1. The molecule has 2 aromatic rings. The Kier molecular flexibility index (Phi) is 3.66. The molecule has 0 bridgehead atoms. The summed E-state index contributed by atoms with van der Waals surface area (Å²) in [4.78, 5) is 24.6. The van der Waals surface area contributed by atoms with Gasteiger partial charge in [-0.05, 0) is 26.0 Å². The molecular weight excluding hydrogens is 282 g/mol. The fourth-order valence-electron chi connectivity index (χ4n) is 2.32. The van der Waals surface area contributed by atoms with Crippen LogP contribution in [-0.4, -0.2) is 34.1 Å². The summed E-state index contributed by atoms with van der Waals surface area (Å²) in [7, 11) is 0. The van der Waals surface area contributed by atoms with Gasteiger partial charge < -0.3 is 10.1 Å². The Bertz CT molecular complexity index is 721. The second-order valence-corrected chi connectivity index (χ2v) is 5.50. The molecule has 2 heterocycles. The first-order chi connectivity index (χ1) is 10.6. The van der Waals surface area contributed by atoms with Crippen molar-refractivity contribution in [1.29, 1.82) is 0 Å². The first-order valence-electron chi connectivity index (χ1n) is 7.17. The number of Topliss-reactive ketones (excluding diaryl/α,β-unsaturated/α-hetero) is 1. The molecular formula is C16H17N3O3. The van der Waals surface area contributed by atoms with Crippen LogP contribution >= 0.6 is 0 Å². The van der Waals surface area contributed by atoms with Crippen molar-refractivity contribution < 1.29 is 14.3 Å². The largest absolute Gasteiger partial charge is 0.490 e. The SMILES string of the molecule is CC(C)n1cc(C(=O)NC2COc3ccccc3C2=O)cn1. The maximum Gasteiger partial charge on any atom is 0.255 e. The highest BCUT2D eigenvalue weighted by Gasteiger charge is 2.30. The van der Waals surface area contributed by atoms with E-state index in [0.717, 1.165) is 0 Å². The highest BCUT2D eigenvalue weighted by Crippen LogP contribution is 2.24. The number of ether oxygens (including phenoxy) is 1. The molecule has 3 rings (SSSR count). The highest BCUT2D eigenvalue weighted by atomic mass is 16.5. The number of carbonyl (C=O) groups is 2. The zero-order chi connectivity index (χ0) is 15.7. The number of para-hydroxylation sites is 1. The van der Waals surface area contributed by atoms with Crippen molar-refractivity contribution in [2.24, 2.45) is 0 Å². The molecule has 22 heavy (non-hydrogen) atoms. The number of carbonyl (C=O) groups excluding carboxylic acids is 2. The Morgan fingerprint density at radius 1 is 1.41 bits per heavy atom. The summed E-state index contributed by atoms with van der Waals surface area (Å²) in [5.74, 6) is 0.102. The van der Waals surface area contributed by atoms with E-state index in [4.69, 9.17) is 4.74 Å². The van der Waals surface area contributed by atoms with Crippen LogP contribution in [0.2, 0.25) is 0 Å². The number of benzene rings is 1. The standard InChI is InChI=1S/C16H17N3O3/c1-10(2)19-8-11(7-17-19)16(21)18-13-9-22-14-6-4-3-5-12(14)15(13)20/h3-8,10,13H,9H2,1-2H3,(H,18,21). The van der Waals surface area contributed by atoms with E-state index in [1.54, 1.807) is 29.1 Å². The molecule has 1 aliphatic heterocycles. The Labute approximate surface area is 128 Å². The third-order valence-electron chi connectivity index (χ3n) is 3.57. The lowest BCUT2D eigenvalue weighted by atomic mass is 10.0. The Hall–Kier alpha value is -2.63. The summed E-state index contributed by atoms with van der Waals surface area (Å²) in [6.45, 7) is 4.09. The molecule has 0 saturated heterocycles. The van der Waals surface area contributed by atoms with Crippen LogP contribution in [0.5, 0.6) is 5.75 Å². The fourth-order valence-corrected chi connectivity index (χ4v) is 2.32. The maximum atomic E-state index is 12.4. The summed E-state index contributed by atoms with van der Waals surface area (Å²) in [6.07, 6.45) is 3.17. The van der Waals surface area contributed by atoms with Gasteiger partial charge in [0.05, 0.1) is 17.3 Å². The van der Waals surface area contributed by atoms with Gasteiger partial charge in [-0.25, -0.2) is 0 Å². The summed E-state index contributed by atoms with van der Waals surface area (Å²) in [5.41, 5.74) is 0.928. The molecule has 1 N–H and O–H groups in total. The Morgan fingerprint density at radius 3 is 2.91 bits per heavy atom. The van der Waals surface area contributed by atoms with Crippen molar-refractivity contribution in [2.75, 3.05) is 6.61 Å². The van der Waals surface area contributed by atoms with Crippen molar-refractivity contribution in [3.05, 3.63) is 47.8 Å². The lowest BCUT2D eigenvalue weighted by Crippen LogP contribution is -2.47. The second kappa shape index (κ2) is 5.63. The molecule has 1 aromatic heterocycles. The van der Waals surface area contributed by atoms with Crippen LogP contribution in [-0.2, 0) is 0 Å². The van der Waals surface area contributed by atoms with E-state index in [0.29, 0.717) is 16.9 Å². The zero-order valence-corrected chi connectivity index (χ0v) is 12.4. The van der Waals surface area contributed by atoms with E-state index < -0.39 is 6.04 Å². The van der Waals surface area contributed by atoms with E-state index in [1.165, 1.54) is 6.20 Å². The molecule has 1 amide bonds. The van der Waals surface area contributed by atoms with E-state index in [-0.39, 0.29) is 24.3 Å². The highest BCUT2D eigenvalue weighted by molar-refractivity contribution is 6.06. The van der Waals surface area contributed by atoms with Crippen LogP contribution in [0.25, 0.3) is 0 Å². The fraction of sp³-hybridized carbons (Fsp3) is 0.312. The number of aromatic nitrogens is 2. The quantitative estimate of drug-likeness (QED) is 0.938. The van der Waals surface area contributed by atoms with Crippen LogP contribution in [0.4, 0.5) is 0 Å². The molecule has 0 saturated carbocycles. The van der Waals surface area contributed by atoms with Gasteiger partial charge >= 0.3 is 0 Å². The third kappa shape index (κ3) is 2.59.